The lowest BCUT2D eigenvalue weighted by molar-refractivity contribution is -0.120. The second-order valence-corrected chi connectivity index (χ2v) is 7.65. The minimum Gasteiger partial charge on any atom is -0.454 e. The first-order valence-corrected chi connectivity index (χ1v) is 9.59. The Labute approximate surface area is 164 Å². The Morgan fingerprint density at radius 2 is 1.71 bits per heavy atom. The first kappa shape index (κ1) is 17.0. The van der Waals surface area contributed by atoms with Crippen LogP contribution >= 0.6 is 0 Å². The molecule has 3 aromatic rings. The zero-order chi connectivity index (χ0) is 19.1. The number of carbonyl (C=O) groups is 1. The van der Waals surface area contributed by atoms with E-state index >= 15 is 0 Å². The van der Waals surface area contributed by atoms with Crippen LogP contribution in [0, 0.1) is 6.92 Å². The highest BCUT2D eigenvalue weighted by Crippen LogP contribution is 2.51. The van der Waals surface area contributed by atoms with Gasteiger partial charge < -0.3 is 9.47 Å². The van der Waals surface area contributed by atoms with Crippen molar-refractivity contribution in [3.05, 3.63) is 77.6 Å². The number of benzene rings is 2. The molecule has 1 aliphatic heterocycles. The maximum Gasteiger partial charge on any atom is 0.231 e. The lowest BCUT2D eigenvalue weighted by Crippen LogP contribution is -2.22. The van der Waals surface area contributed by atoms with E-state index in [-0.39, 0.29) is 12.6 Å². The second-order valence-electron chi connectivity index (χ2n) is 7.65. The number of nitrogens with zero attached hydrogens (tertiary/aromatic N) is 1. The summed E-state index contributed by atoms with van der Waals surface area (Å²) in [6.07, 6.45) is 3.97. The van der Waals surface area contributed by atoms with Gasteiger partial charge in [0.2, 0.25) is 6.79 Å². The third kappa shape index (κ3) is 2.95. The van der Waals surface area contributed by atoms with Gasteiger partial charge in [-0.05, 0) is 49.1 Å². The lowest BCUT2D eigenvalue weighted by atomic mass is 9.88. The Morgan fingerprint density at radius 3 is 2.43 bits per heavy atom. The number of pyridine rings is 1. The van der Waals surface area contributed by atoms with Gasteiger partial charge in [0.05, 0.1) is 5.41 Å². The van der Waals surface area contributed by atoms with E-state index in [4.69, 9.17) is 9.47 Å². The van der Waals surface area contributed by atoms with Crippen LogP contribution in [-0.4, -0.2) is 17.6 Å². The van der Waals surface area contributed by atoms with Gasteiger partial charge in [-0.2, -0.15) is 0 Å². The van der Waals surface area contributed by atoms with Gasteiger partial charge in [0.15, 0.2) is 11.5 Å². The second kappa shape index (κ2) is 6.48. The standard InChI is InChI=1S/C24H21NO3/c1-16-2-4-17(5-3-16)18-6-8-20(25-14-18)13-23(26)24(10-11-24)19-7-9-21-22(12-19)28-15-27-21/h2-9,12,14H,10-11,13,15H2,1H3. The minimum absolute atomic E-state index is 0.224. The number of ether oxygens (including phenoxy) is 2. The van der Waals surface area contributed by atoms with Gasteiger partial charge in [0.25, 0.3) is 0 Å². The van der Waals surface area contributed by atoms with Crippen molar-refractivity contribution < 1.29 is 14.3 Å². The number of hydrogen-bond donors (Lipinski definition) is 0. The molecule has 0 N–H and O–H groups in total. The van der Waals surface area contributed by atoms with Crippen LogP contribution in [-0.2, 0) is 16.6 Å². The summed E-state index contributed by atoms with van der Waals surface area (Å²) in [5, 5.41) is 0. The third-order valence-electron chi connectivity index (χ3n) is 5.76. The molecule has 5 rings (SSSR count). The lowest BCUT2D eigenvalue weighted by Gasteiger charge is -2.15. The van der Waals surface area contributed by atoms with E-state index in [1.165, 1.54) is 5.56 Å². The van der Waals surface area contributed by atoms with E-state index in [9.17, 15) is 4.79 Å². The van der Waals surface area contributed by atoms with Crippen LogP contribution in [0.2, 0.25) is 0 Å². The zero-order valence-corrected chi connectivity index (χ0v) is 15.8. The van der Waals surface area contributed by atoms with Crippen molar-refractivity contribution in [2.45, 2.75) is 31.6 Å². The zero-order valence-electron chi connectivity index (χ0n) is 15.8. The molecule has 0 unspecified atom stereocenters. The molecule has 1 fully saturated rings. The third-order valence-corrected chi connectivity index (χ3v) is 5.76. The molecule has 2 aliphatic rings. The predicted molar refractivity (Wildman–Crippen MR) is 107 cm³/mol. The Kier molecular flexibility index (Phi) is 3.93. The molecule has 0 radical (unpaired) electrons. The van der Waals surface area contributed by atoms with Crippen LogP contribution in [0.1, 0.15) is 29.7 Å². The largest absolute Gasteiger partial charge is 0.454 e. The number of rotatable bonds is 5. The molecule has 0 spiro atoms. The molecular weight excluding hydrogens is 350 g/mol. The molecule has 0 bridgehead atoms. The first-order chi connectivity index (χ1) is 13.6. The van der Waals surface area contributed by atoms with E-state index in [1.54, 1.807) is 0 Å². The van der Waals surface area contributed by atoms with Crippen LogP contribution in [0.25, 0.3) is 11.1 Å². The molecule has 1 saturated carbocycles. The van der Waals surface area contributed by atoms with Gasteiger partial charge in [-0.25, -0.2) is 0 Å². The van der Waals surface area contributed by atoms with Gasteiger partial charge >= 0.3 is 0 Å². The normalized spacial score (nSPS) is 16.0. The van der Waals surface area contributed by atoms with E-state index in [2.05, 4.69) is 36.2 Å². The number of ketones is 1. The Morgan fingerprint density at radius 1 is 0.964 bits per heavy atom. The molecule has 2 aromatic carbocycles. The molecule has 1 aliphatic carbocycles. The summed E-state index contributed by atoms with van der Waals surface area (Å²) in [6, 6.07) is 18.2. The Bertz CT molecular complexity index is 1030. The SMILES string of the molecule is Cc1ccc(-c2ccc(CC(=O)C3(c4ccc5c(c4)OCO5)CC3)nc2)cc1. The van der Waals surface area contributed by atoms with E-state index in [0.29, 0.717) is 6.42 Å². The van der Waals surface area contributed by atoms with Crippen LogP contribution in [0.3, 0.4) is 0 Å². The van der Waals surface area contributed by atoms with Crippen molar-refractivity contribution in [2.75, 3.05) is 6.79 Å². The fourth-order valence-electron chi connectivity index (χ4n) is 3.83. The van der Waals surface area contributed by atoms with E-state index in [0.717, 1.165) is 46.7 Å². The molecular formula is C24H21NO3. The first-order valence-electron chi connectivity index (χ1n) is 9.59. The van der Waals surface area contributed by atoms with Crippen molar-refractivity contribution in [1.29, 1.82) is 0 Å². The predicted octanol–water partition coefficient (Wildman–Crippen LogP) is 4.63. The molecule has 1 aromatic heterocycles. The van der Waals surface area contributed by atoms with Crippen LogP contribution < -0.4 is 9.47 Å². The molecule has 0 amide bonds. The highest BCUT2D eigenvalue weighted by molar-refractivity contribution is 5.94. The van der Waals surface area contributed by atoms with Crippen LogP contribution in [0.4, 0.5) is 0 Å². The molecule has 0 saturated heterocycles. The van der Waals surface area contributed by atoms with E-state index in [1.807, 2.05) is 36.5 Å². The summed E-state index contributed by atoms with van der Waals surface area (Å²) in [6.45, 7) is 2.32. The summed E-state index contributed by atoms with van der Waals surface area (Å²) >= 11 is 0. The summed E-state index contributed by atoms with van der Waals surface area (Å²) < 4.78 is 10.9. The average Bonchev–Trinajstić information content (AvgIpc) is 3.40. The summed E-state index contributed by atoms with van der Waals surface area (Å²) in [7, 11) is 0. The fraction of sp³-hybridized carbons (Fsp3) is 0.250. The highest BCUT2D eigenvalue weighted by Gasteiger charge is 2.50. The van der Waals surface area contributed by atoms with Crippen molar-refractivity contribution in [3.8, 4) is 22.6 Å². The van der Waals surface area contributed by atoms with Crippen molar-refractivity contribution in [3.63, 3.8) is 0 Å². The van der Waals surface area contributed by atoms with Crippen molar-refractivity contribution in [2.24, 2.45) is 0 Å². The van der Waals surface area contributed by atoms with Crippen molar-refractivity contribution >= 4 is 5.78 Å². The van der Waals surface area contributed by atoms with Gasteiger partial charge in [-0.1, -0.05) is 42.0 Å². The summed E-state index contributed by atoms with van der Waals surface area (Å²) in [4.78, 5) is 17.6. The summed E-state index contributed by atoms with van der Waals surface area (Å²) in [5.41, 5.74) is 4.88. The maximum atomic E-state index is 13.1. The molecule has 28 heavy (non-hydrogen) atoms. The Hall–Kier alpha value is -3.14. The molecule has 4 nitrogen and oxygen atoms in total. The fourth-order valence-corrected chi connectivity index (χ4v) is 3.83. The number of carbonyl (C=O) groups excluding carboxylic acids is 1. The number of aromatic nitrogens is 1. The van der Waals surface area contributed by atoms with Crippen LogP contribution in [0.15, 0.2) is 60.8 Å². The topological polar surface area (TPSA) is 48.4 Å². The molecule has 4 heteroatoms. The number of hydrogen-bond acceptors (Lipinski definition) is 4. The van der Waals surface area contributed by atoms with Gasteiger partial charge in [0.1, 0.15) is 5.78 Å². The Balaban J connectivity index is 1.33. The minimum atomic E-state index is -0.391. The summed E-state index contributed by atoms with van der Waals surface area (Å²) in [5.74, 6) is 1.71. The van der Waals surface area contributed by atoms with E-state index < -0.39 is 5.41 Å². The number of aryl methyl sites for hydroxylation is 1. The monoisotopic (exact) mass is 371 g/mol. The van der Waals surface area contributed by atoms with Gasteiger partial charge in [0, 0.05) is 23.9 Å². The van der Waals surface area contributed by atoms with Crippen molar-refractivity contribution in [1.82, 2.24) is 4.98 Å². The quantitative estimate of drug-likeness (QED) is 0.656. The highest BCUT2D eigenvalue weighted by atomic mass is 16.7. The van der Waals surface area contributed by atoms with Gasteiger partial charge in [-0.3, -0.25) is 9.78 Å². The number of fused-ring (bicyclic) bond motifs is 1. The van der Waals surface area contributed by atoms with Gasteiger partial charge in [-0.15, -0.1) is 0 Å². The average molecular weight is 371 g/mol. The molecule has 2 heterocycles. The molecule has 140 valence electrons. The van der Waals surface area contributed by atoms with Crippen LogP contribution in [0.5, 0.6) is 11.5 Å². The maximum absolute atomic E-state index is 13.1. The molecule has 0 atom stereocenters. The number of Topliss-reactive ketones (excluding diaryl/α,β-unsaturated/α-hetero) is 1. The smallest absolute Gasteiger partial charge is 0.231 e.